The maximum Gasteiger partial charge on any atom is 0.0436 e. The Morgan fingerprint density at radius 3 is 2.23 bits per heavy atom. The third kappa shape index (κ3) is 7.58. The van der Waals surface area contributed by atoms with Crippen molar-refractivity contribution in [1.82, 2.24) is 10.3 Å². The van der Waals surface area contributed by atoms with Crippen LogP contribution in [0.5, 0.6) is 0 Å². The third-order valence-corrected chi connectivity index (χ3v) is 3.30. The van der Waals surface area contributed by atoms with Crippen molar-refractivity contribution < 1.29 is 0 Å². The van der Waals surface area contributed by atoms with E-state index in [2.05, 4.69) is 42.3 Å². The van der Waals surface area contributed by atoms with E-state index in [9.17, 15) is 0 Å². The van der Waals surface area contributed by atoms with Crippen LogP contribution in [0.3, 0.4) is 0 Å². The molecule has 2 aromatic rings. The second kappa shape index (κ2) is 12.2. The molecule has 3 heteroatoms. The molecule has 22 heavy (non-hydrogen) atoms. The monoisotopic (exact) mass is 320 g/mol. The van der Waals surface area contributed by atoms with Crippen LogP contribution in [0.4, 0.5) is 0 Å². The summed E-state index contributed by atoms with van der Waals surface area (Å²) in [5, 5.41) is 3.56. The molecule has 0 radical (unpaired) electrons. The van der Waals surface area contributed by atoms with Crippen LogP contribution in [0.2, 0.25) is 5.02 Å². The quantitative estimate of drug-likeness (QED) is 0.861. The number of pyridine rings is 1. The van der Waals surface area contributed by atoms with E-state index in [-0.39, 0.29) is 0 Å². The van der Waals surface area contributed by atoms with Gasteiger partial charge in [-0.05, 0) is 75.7 Å². The Morgan fingerprint density at radius 2 is 1.64 bits per heavy atom. The number of benzene rings is 1. The van der Waals surface area contributed by atoms with Gasteiger partial charge in [-0.25, -0.2) is 0 Å². The number of nitrogens with one attached hydrogen (secondary N) is 1. The molecule has 1 heterocycles. The van der Waals surface area contributed by atoms with Crippen molar-refractivity contribution >= 4 is 11.6 Å². The maximum absolute atomic E-state index is 6.01. The Labute approximate surface area is 140 Å². The molecule has 1 aromatic heterocycles. The van der Waals surface area contributed by atoms with E-state index in [0.29, 0.717) is 0 Å². The highest BCUT2D eigenvalue weighted by Crippen LogP contribution is 2.17. The number of nitrogens with zero attached hydrogens (tertiary/aromatic N) is 1. The van der Waals surface area contributed by atoms with Gasteiger partial charge in [-0.3, -0.25) is 4.98 Å². The van der Waals surface area contributed by atoms with Crippen LogP contribution in [0.1, 0.15) is 36.2 Å². The molecular formula is C19H29ClN2. The van der Waals surface area contributed by atoms with Crippen molar-refractivity contribution in [2.24, 2.45) is 0 Å². The average Bonchev–Trinajstić information content (AvgIpc) is 2.52. The summed E-state index contributed by atoms with van der Waals surface area (Å²) in [6.07, 6.45) is 3.81. The Morgan fingerprint density at radius 1 is 1.00 bits per heavy atom. The van der Waals surface area contributed by atoms with Gasteiger partial charge >= 0.3 is 0 Å². The molecule has 122 valence electrons. The number of hydrogen-bond donors (Lipinski definition) is 1. The van der Waals surface area contributed by atoms with Gasteiger partial charge in [0.25, 0.3) is 0 Å². The predicted molar refractivity (Wildman–Crippen MR) is 98.9 cm³/mol. The highest BCUT2D eigenvalue weighted by Gasteiger charge is 2.03. The van der Waals surface area contributed by atoms with E-state index in [1.54, 1.807) is 0 Å². The highest BCUT2D eigenvalue weighted by molar-refractivity contribution is 6.30. The molecule has 0 spiro atoms. The predicted octanol–water partition coefficient (Wildman–Crippen LogP) is 5.00. The number of aryl methyl sites for hydroxylation is 4. The molecule has 0 saturated heterocycles. The first-order valence-corrected chi connectivity index (χ1v) is 8.20. The minimum absolute atomic E-state index is 0.809. The minimum Gasteiger partial charge on any atom is -0.323 e. The van der Waals surface area contributed by atoms with E-state index in [4.69, 9.17) is 11.6 Å². The molecule has 0 bridgehead atoms. The van der Waals surface area contributed by atoms with E-state index in [0.717, 1.165) is 17.9 Å². The van der Waals surface area contributed by atoms with Crippen LogP contribution < -0.4 is 5.32 Å². The molecule has 0 unspecified atom stereocenters. The second-order valence-electron chi connectivity index (χ2n) is 4.84. The molecule has 0 aliphatic rings. The van der Waals surface area contributed by atoms with Crippen LogP contribution >= 0.6 is 11.6 Å². The van der Waals surface area contributed by atoms with E-state index in [1.807, 2.05) is 46.3 Å². The van der Waals surface area contributed by atoms with Gasteiger partial charge in [-0.2, -0.15) is 0 Å². The normalized spacial score (nSPS) is 9.23. The van der Waals surface area contributed by atoms with Crippen LogP contribution in [-0.4, -0.2) is 19.1 Å². The lowest BCUT2D eigenvalue weighted by molar-refractivity contribution is 0.894. The summed E-state index contributed by atoms with van der Waals surface area (Å²) in [5.74, 6) is 0. The fourth-order valence-corrected chi connectivity index (χ4v) is 2.14. The largest absolute Gasteiger partial charge is 0.323 e. The van der Waals surface area contributed by atoms with Gasteiger partial charge in [-0.15, -0.1) is 0 Å². The van der Waals surface area contributed by atoms with Crippen LogP contribution in [0.25, 0.3) is 0 Å². The summed E-state index contributed by atoms with van der Waals surface area (Å²) in [5.41, 5.74) is 5.03. The van der Waals surface area contributed by atoms with Crippen molar-refractivity contribution in [3.05, 3.63) is 63.9 Å². The van der Waals surface area contributed by atoms with E-state index in [1.165, 1.54) is 22.4 Å². The molecule has 0 aliphatic carbocycles. The lowest BCUT2D eigenvalue weighted by Crippen LogP contribution is -1.98. The smallest absolute Gasteiger partial charge is 0.0436 e. The van der Waals surface area contributed by atoms with Crippen LogP contribution in [0, 0.1) is 13.8 Å². The lowest BCUT2D eigenvalue weighted by Gasteiger charge is -2.07. The number of hydrogen-bond acceptors (Lipinski definition) is 2. The van der Waals surface area contributed by atoms with Gasteiger partial charge in [-0.1, -0.05) is 37.6 Å². The molecular weight excluding hydrogens is 292 g/mol. The zero-order valence-corrected chi connectivity index (χ0v) is 15.5. The summed E-state index contributed by atoms with van der Waals surface area (Å²) in [4.78, 5) is 4.41. The van der Waals surface area contributed by atoms with Crippen LogP contribution in [0.15, 0.2) is 36.5 Å². The number of aromatic nitrogens is 1. The Bertz CT molecular complexity index is 539. The Hall–Kier alpha value is -1.38. The van der Waals surface area contributed by atoms with Gasteiger partial charge in [0.2, 0.25) is 0 Å². The molecule has 2 rings (SSSR count). The standard InChI is InChI=1S/C15H16ClN.C2H7N.C2H6/c1-11-5-7-14(16)10-13(11)6-8-15-12(2)4-3-9-17-15;1-3-2;1-2/h3-5,7,9-10H,6,8H2,1-2H3;3H,1-2H3;1-2H3. The molecule has 0 fully saturated rings. The molecule has 0 aliphatic heterocycles. The Balaban J connectivity index is 0.000000789. The van der Waals surface area contributed by atoms with Crippen molar-refractivity contribution in [3.63, 3.8) is 0 Å². The van der Waals surface area contributed by atoms with Crippen molar-refractivity contribution in [1.29, 1.82) is 0 Å². The highest BCUT2D eigenvalue weighted by atomic mass is 35.5. The third-order valence-electron chi connectivity index (χ3n) is 3.06. The fraction of sp³-hybridized carbons (Fsp3) is 0.421. The maximum atomic E-state index is 6.01. The molecule has 1 N–H and O–H groups in total. The summed E-state index contributed by atoms with van der Waals surface area (Å²) in [6.45, 7) is 8.23. The summed E-state index contributed by atoms with van der Waals surface area (Å²) >= 11 is 6.01. The molecule has 0 atom stereocenters. The zero-order chi connectivity index (χ0) is 17.0. The van der Waals surface area contributed by atoms with Crippen molar-refractivity contribution in [3.8, 4) is 0 Å². The summed E-state index contributed by atoms with van der Waals surface area (Å²) in [7, 11) is 3.75. The van der Waals surface area contributed by atoms with Gasteiger partial charge < -0.3 is 5.32 Å². The lowest BCUT2D eigenvalue weighted by atomic mass is 10.0. The summed E-state index contributed by atoms with van der Waals surface area (Å²) in [6, 6.07) is 10.1. The minimum atomic E-state index is 0.809. The molecule has 0 saturated carbocycles. The Kier molecular flexibility index (Phi) is 11.4. The summed E-state index contributed by atoms with van der Waals surface area (Å²) < 4.78 is 0. The average molecular weight is 321 g/mol. The van der Waals surface area contributed by atoms with Crippen molar-refractivity contribution in [2.45, 2.75) is 40.5 Å². The number of rotatable bonds is 3. The zero-order valence-electron chi connectivity index (χ0n) is 14.7. The fourth-order valence-electron chi connectivity index (χ4n) is 1.94. The van der Waals surface area contributed by atoms with E-state index >= 15 is 0 Å². The molecule has 0 amide bonds. The van der Waals surface area contributed by atoms with Gasteiger partial charge in [0.1, 0.15) is 0 Å². The number of halogens is 1. The van der Waals surface area contributed by atoms with Gasteiger partial charge in [0, 0.05) is 16.9 Å². The second-order valence-corrected chi connectivity index (χ2v) is 5.27. The topological polar surface area (TPSA) is 24.9 Å². The van der Waals surface area contributed by atoms with E-state index < -0.39 is 0 Å². The van der Waals surface area contributed by atoms with Gasteiger partial charge in [0.05, 0.1) is 0 Å². The first-order chi connectivity index (χ1) is 10.6. The molecule has 1 aromatic carbocycles. The van der Waals surface area contributed by atoms with Crippen LogP contribution in [-0.2, 0) is 12.8 Å². The van der Waals surface area contributed by atoms with Gasteiger partial charge in [0.15, 0.2) is 0 Å². The first-order valence-electron chi connectivity index (χ1n) is 7.82. The SMILES string of the molecule is CC.CNC.Cc1ccc(Cl)cc1CCc1ncccc1C. The van der Waals surface area contributed by atoms with Crippen molar-refractivity contribution in [2.75, 3.05) is 14.1 Å². The molecule has 2 nitrogen and oxygen atoms in total. The first kappa shape index (κ1) is 20.6.